The monoisotopic (exact) mass is 290 g/mol. The molecule has 0 amide bonds. The third kappa shape index (κ3) is 3.65. The van der Waals surface area contributed by atoms with Crippen molar-refractivity contribution in [2.45, 2.75) is 17.4 Å². The van der Waals surface area contributed by atoms with Gasteiger partial charge in [-0.1, -0.05) is 18.2 Å². The van der Waals surface area contributed by atoms with Gasteiger partial charge in [-0.15, -0.1) is 0 Å². The number of rotatable bonds is 5. The molecule has 2 rings (SSSR count). The van der Waals surface area contributed by atoms with Crippen molar-refractivity contribution in [3.05, 3.63) is 59.9 Å². The molecule has 2 aromatic rings. The first kappa shape index (κ1) is 14.7. The van der Waals surface area contributed by atoms with Crippen LogP contribution in [0.25, 0.3) is 0 Å². The van der Waals surface area contributed by atoms with Gasteiger partial charge in [0.15, 0.2) is 9.84 Å². The van der Waals surface area contributed by atoms with Crippen LogP contribution < -0.4 is 5.32 Å². The van der Waals surface area contributed by atoms with Gasteiger partial charge in [-0.05, 0) is 36.9 Å². The zero-order valence-corrected chi connectivity index (χ0v) is 12.4. The number of aromatic nitrogens is 1. The van der Waals surface area contributed by atoms with E-state index in [0.717, 1.165) is 11.3 Å². The van der Waals surface area contributed by atoms with Gasteiger partial charge in [0, 0.05) is 30.6 Å². The lowest BCUT2D eigenvalue weighted by Gasteiger charge is -2.17. The smallest absolute Gasteiger partial charge is 0.175 e. The van der Waals surface area contributed by atoms with Crippen molar-refractivity contribution < 1.29 is 8.42 Å². The van der Waals surface area contributed by atoms with Gasteiger partial charge in [-0.2, -0.15) is 0 Å². The third-order valence-corrected chi connectivity index (χ3v) is 4.29. The fourth-order valence-electron chi connectivity index (χ4n) is 2.08. The summed E-state index contributed by atoms with van der Waals surface area (Å²) in [6, 6.07) is 12.9. The number of likely N-dealkylation sites (N-methyl/N-ethyl adjacent to an activating group) is 1. The number of nitrogens with zero attached hydrogens (tertiary/aromatic N) is 1. The summed E-state index contributed by atoms with van der Waals surface area (Å²) in [6.07, 6.45) is 3.69. The maximum Gasteiger partial charge on any atom is 0.175 e. The number of benzene rings is 1. The van der Waals surface area contributed by atoms with E-state index in [4.69, 9.17) is 0 Å². The summed E-state index contributed by atoms with van der Waals surface area (Å²) in [6.45, 7) is 0. The van der Waals surface area contributed by atoms with E-state index in [1.807, 2.05) is 31.3 Å². The molecule has 0 aliphatic heterocycles. The van der Waals surface area contributed by atoms with Crippen molar-refractivity contribution >= 4 is 9.84 Å². The standard InChI is InChI=1S/C15H18N2O2S/c1-16-15(11-13-7-3-4-9-17-13)12-6-5-8-14(10-12)20(2,18)19/h3-10,15-16H,11H2,1-2H3. The Morgan fingerprint density at radius 1 is 1.20 bits per heavy atom. The van der Waals surface area contributed by atoms with Crippen LogP contribution in [0.2, 0.25) is 0 Å². The molecule has 1 unspecified atom stereocenters. The Morgan fingerprint density at radius 2 is 2.00 bits per heavy atom. The molecular formula is C15H18N2O2S. The normalized spacial score (nSPS) is 13.1. The Kier molecular flexibility index (Phi) is 4.52. The molecule has 106 valence electrons. The van der Waals surface area contributed by atoms with Crippen LogP contribution in [0.1, 0.15) is 17.3 Å². The van der Waals surface area contributed by atoms with E-state index in [2.05, 4.69) is 10.3 Å². The predicted octanol–water partition coefficient (Wildman–Crippen LogP) is 1.99. The highest BCUT2D eigenvalue weighted by atomic mass is 32.2. The van der Waals surface area contributed by atoms with Crippen molar-refractivity contribution in [3.8, 4) is 0 Å². The predicted molar refractivity (Wildman–Crippen MR) is 79.3 cm³/mol. The van der Waals surface area contributed by atoms with Crippen LogP contribution in [0.3, 0.4) is 0 Å². The van der Waals surface area contributed by atoms with Crippen molar-refractivity contribution in [3.63, 3.8) is 0 Å². The molecule has 20 heavy (non-hydrogen) atoms. The molecule has 4 nitrogen and oxygen atoms in total. The quantitative estimate of drug-likeness (QED) is 0.915. The van der Waals surface area contributed by atoms with Crippen LogP contribution in [-0.4, -0.2) is 26.7 Å². The molecule has 0 saturated heterocycles. The maximum atomic E-state index is 11.6. The van der Waals surface area contributed by atoms with E-state index >= 15 is 0 Å². The molecule has 1 heterocycles. The van der Waals surface area contributed by atoms with Crippen LogP contribution in [0.5, 0.6) is 0 Å². The lowest BCUT2D eigenvalue weighted by molar-refractivity contribution is 0.581. The number of hydrogen-bond donors (Lipinski definition) is 1. The average Bonchev–Trinajstić information content (AvgIpc) is 2.45. The summed E-state index contributed by atoms with van der Waals surface area (Å²) in [4.78, 5) is 4.65. The average molecular weight is 290 g/mol. The summed E-state index contributed by atoms with van der Waals surface area (Å²) >= 11 is 0. The molecule has 1 aromatic heterocycles. The van der Waals surface area contributed by atoms with Crippen molar-refractivity contribution in [2.24, 2.45) is 0 Å². The number of hydrogen-bond acceptors (Lipinski definition) is 4. The highest BCUT2D eigenvalue weighted by Crippen LogP contribution is 2.20. The second kappa shape index (κ2) is 6.15. The van der Waals surface area contributed by atoms with Crippen LogP contribution in [0.15, 0.2) is 53.6 Å². The topological polar surface area (TPSA) is 59.1 Å². The van der Waals surface area contributed by atoms with Crippen LogP contribution in [0, 0.1) is 0 Å². The molecule has 0 bridgehead atoms. The number of nitrogens with one attached hydrogen (secondary N) is 1. The van der Waals surface area contributed by atoms with Crippen molar-refractivity contribution in [2.75, 3.05) is 13.3 Å². The van der Waals surface area contributed by atoms with Gasteiger partial charge in [0.05, 0.1) is 4.90 Å². The molecule has 0 saturated carbocycles. The van der Waals surface area contributed by atoms with Crippen LogP contribution in [-0.2, 0) is 16.3 Å². The molecule has 1 atom stereocenters. The van der Waals surface area contributed by atoms with Gasteiger partial charge in [0.25, 0.3) is 0 Å². The van der Waals surface area contributed by atoms with Gasteiger partial charge in [-0.3, -0.25) is 4.98 Å². The SMILES string of the molecule is CNC(Cc1ccccn1)c1cccc(S(C)(=O)=O)c1. The highest BCUT2D eigenvalue weighted by Gasteiger charge is 2.14. The number of pyridine rings is 1. The Labute approximate surface area is 119 Å². The Hall–Kier alpha value is -1.72. The van der Waals surface area contributed by atoms with Crippen molar-refractivity contribution in [1.82, 2.24) is 10.3 Å². The first-order valence-electron chi connectivity index (χ1n) is 6.38. The van der Waals surface area contributed by atoms with Crippen LogP contribution in [0.4, 0.5) is 0 Å². The minimum Gasteiger partial charge on any atom is -0.313 e. The molecule has 0 fully saturated rings. The second-order valence-electron chi connectivity index (χ2n) is 4.71. The Balaban J connectivity index is 2.28. The summed E-state index contributed by atoms with van der Waals surface area (Å²) in [5.41, 5.74) is 1.91. The number of sulfone groups is 1. The first-order chi connectivity index (χ1) is 9.50. The summed E-state index contributed by atoms with van der Waals surface area (Å²) in [5, 5.41) is 3.21. The minimum atomic E-state index is -3.18. The maximum absolute atomic E-state index is 11.6. The zero-order chi connectivity index (χ0) is 14.6. The van der Waals surface area contributed by atoms with E-state index in [-0.39, 0.29) is 6.04 Å². The van der Waals surface area contributed by atoms with E-state index in [1.165, 1.54) is 6.26 Å². The molecule has 0 aliphatic rings. The summed E-state index contributed by atoms with van der Waals surface area (Å²) < 4.78 is 23.2. The van der Waals surface area contributed by atoms with Crippen LogP contribution >= 0.6 is 0 Å². The lowest BCUT2D eigenvalue weighted by Crippen LogP contribution is -2.19. The van der Waals surface area contributed by atoms with Gasteiger partial charge >= 0.3 is 0 Å². The van der Waals surface area contributed by atoms with E-state index in [9.17, 15) is 8.42 Å². The molecule has 0 spiro atoms. The Morgan fingerprint density at radius 3 is 2.60 bits per heavy atom. The molecule has 1 aromatic carbocycles. The van der Waals surface area contributed by atoms with E-state index < -0.39 is 9.84 Å². The summed E-state index contributed by atoms with van der Waals surface area (Å²) in [7, 11) is -1.32. The summed E-state index contributed by atoms with van der Waals surface area (Å²) in [5.74, 6) is 0. The van der Waals surface area contributed by atoms with Gasteiger partial charge in [0.1, 0.15) is 0 Å². The minimum absolute atomic E-state index is 0.0339. The zero-order valence-electron chi connectivity index (χ0n) is 11.6. The first-order valence-corrected chi connectivity index (χ1v) is 8.27. The fourth-order valence-corrected chi connectivity index (χ4v) is 2.75. The molecule has 0 aliphatic carbocycles. The van der Waals surface area contributed by atoms with Gasteiger partial charge < -0.3 is 5.32 Å². The molecule has 1 N–H and O–H groups in total. The molecule has 5 heteroatoms. The fraction of sp³-hybridized carbons (Fsp3) is 0.267. The largest absolute Gasteiger partial charge is 0.313 e. The molecule has 0 radical (unpaired) electrons. The molecular weight excluding hydrogens is 272 g/mol. The van der Waals surface area contributed by atoms with Gasteiger partial charge in [-0.25, -0.2) is 8.42 Å². The Bertz CT molecular complexity index is 669. The third-order valence-electron chi connectivity index (χ3n) is 3.18. The van der Waals surface area contributed by atoms with Crippen molar-refractivity contribution in [1.29, 1.82) is 0 Å². The van der Waals surface area contributed by atoms with E-state index in [1.54, 1.807) is 24.4 Å². The second-order valence-corrected chi connectivity index (χ2v) is 6.73. The van der Waals surface area contributed by atoms with E-state index in [0.29, 0.717) is 11.3 Å². The van der Waals surface area contributed by atoms with Gasteiger partial charge in [0.2, 0.25) is 0 Å². The lowest BCUT2D eigenvalue weighted by atomic mass is 10.0. The highest BCUT2D eigenvalue weighted by molar-refractivity contribution is 7.90.